The number of nitrogens with one attached hydrogen (secondary N) is 1. The van der Waals surface area contributed by atoms with Crippen LogP contribution < -0.4 is 14.8 Å². The molecule has 1 aliphatic rings. The number of nitrogens with zero attached hydrogens (tertiary/aromatic N) is 3. The van der Waals surface area contributed by atoms with E-state index < -0.39 is 4.92 Å². The highest BCUT2D eigenvalue weighted by Gasteiger charge is 2.24. The molecule has 166 valence electrons. The first-order valence-electron chi connectivity index (χ1n) is 9.74. The van der Waals surface area contributed by atoms with Crippen LogP contribution in [-0.2, 0) is 4.79 Å². The van der Waals surface area contributed by atoms with Crippen LogP contribution in [0.1, 0.15) is 11.1 Å². The van der Waals surface area contributed by atoms with Crippen LogP contribution in [0.4, 0.5) is 11.4 Å². The van der Waals surface area contributed by atoms with Gasteiger partial charge in [-0.3, -0.25) is 14.9 Å². The predicted molar refractivity (Wildman–Crippen MR) is 126 cm³/mol. The Balaban J connectivity index is 1.52. The highest BCUT2D eigenvalue weighted by atomic mass is 32.2. The van der Waals surface area contributed by atoms with Gasteiger partial charge in [-0.05, 0) is 60.2 Å². The number of thioether (sulfide) groups is 1. The molecular formula is C23H18N4O5S. The molecule has 0 spiro atoms. The molecule has 1 saturated heterocycles. The summed E-state index contributed by atoms with van der Waals surface area (Å²) in [5.41, 5.74) is 2.45. The summed E-state index contributed by atoms with van der Waals surface area (Å²) in [4.78, 5) is 31.5. The van der Waals surface area contributed by atoms with E-state index in [1.54, 1.807) is 24.3 Å². The first-order valence-corrected chi connectivity index (χ1v) is 10.6. The summed E-state index contributed by atoms with van der Waals surface area (Å²) >= 11 is 1.25. The van der Waals surface area contributed by atoms with Crippen molar-refractivity contribution in [3.63, 3.8) is 0 Å². The molecule has 0 saturated carbocycles. The van der Waals surface area contributed by atoms with E-state index in [0.29, 0.717) is 21.6 Å². The average Bonchev–Trinajstić information content (AvgIpc) is 3.13. The maximum atomic E-state index is 12.4. The highest BCUT2D eigenvalue weighted by molar-refractivity contribution is 8.18. The number of amides is 1. The van der Waals surface area contributed by atoms with Crippen molar-refractivity contribution in [2.45, 2.75) is 6.92 Å². The van der Waals surface area contributed by atoms with Crippen LogP contribution in [0.25, 0.3) is 6.08 Å². The molecule has 1 amide bonds. The van der Waals surface area contributed by atoms with Gasteiger partial charge in [0.05, 0.1) is 22.6 Å². The van der Waals surface area contributed by atoms with E-state index in [2.05, 4.69) is 15.3 Å². The number of aryl methyl sites for hydroxylation is 1. The quantitative estimate of drug-likeness (QED) is 0.312. The van der Waals surface area contributed by atoms with Gasteiger partial charge < -0.3 is 14.8 Å². The zero-order valence-electron chi connectivity index (χ0n) is 17.6. The summed E-state index contributed by atoms with van der Waals surface area (Å²) in [7, 11) is 1.49. The van der Waals surface area contributed by atoms with Gasteiger partial charge >= 0.3 is 0 Å². The maximum absolute atomic E-state index is 12.4. The molecule has 0 aliphatic carbocycles. The molecule has 10 heteroatoms. The second-order valence-electron chi connectivity index (χ2n) is 6.94. The summed E-state index contributed by atoms with van der Waals surface area (Å²) < 4.78 is 11.1. The normalized spacial score (nSPS) is 15.5. The number of hydrogen-bond acceptors (Lipinski definition) is 8. The summed E-state index contributed by atoms with van der Waals surface area (Å²) in [6, 6.07) is 15.6. The van der Waals surface area contributed by atoms with E-state index in [0.717, 1.165) is 23.0 Å². The average molecular weight is 462 g/mol. The second kappa shape index (κ2) is 9.53. The second-order valence-corrected chi connectivity index (χ2v) is 7.98. The molecular weight excluding hydrogens is 444 g/mol. The number of carbonyl (C=O) groups excluding carboxylic acids is 1. The lowest BCUT2D eigenvalue weighted by Gasteiger charge is -2.10. The topological polar surface area (TPSA) is 116 Å². The van der Waals surface area contributed by atoms with E-state index in [-0.39, 0.29) is 17.5 Å². The number of benzene rings is 2. The minimum Gasteiger partial charge on any atom is -0.493 e. The van der Waals surface area contributed by atoms with Gasteiger partial charge in [-0.25, -0.2) is 9.98 Å². The molecule has 0 unspecified atom stereocenters. The van der Waals surface area contributed by atoms with Gasteiger partial charge in [-0.1, -0.05) is 18.2 Å². The Kier molecular flexibility index (Phi) is 6.36. The smallest absolute Gasteiger partial charge is 0.287 e. The molecule has 1 aliphatic heterocycles. The third-order valence-corrected chi connectivity index (χ3v) is 5.42. The monoisotopic (exact) mass is 462 g/mol. The number of methoxy groups -OCH3 is 1. The van der Waals surface area contributed by atoms with Gasteiger partial charge in [-0.15, -0.1) is 0 Å². The number of aromatic nitrogens is 1. The third-order valence-electron chi connectivity index (χ3n) is 4.51. The van der Waals surface area contributed by atoms with Crippen molar-refractivity contribution in [3.05, 3.63) is 86.9 Å². The van der Waals surface area contributed by atoms with E-state index in [4.69, 9.17) is 9.47 Å². The molecule has 2 heterocycles. The molecule has 3 aromatic rings. The van der Waals surface area contributed by atoms with Crippen LogP contribution in [0, 0.1) is 17.0 Å². The molecule has 9 nitrogen and oxygen atoms in total. The first-order chi connectivity index (χ1) is 15.9. The summed E-state index contributed by atoms with van der Waals surface area (Å²) in [5.74, 6) is 0.751. The van der Waals surface area contributed by atoms with Gasteiger partial charge in [0.2, 0.25) is 5.88 Å². The first kappa shape index (κ1) is 22.0. The molecule has 2 aromatic carbocycles. The third kappa shape index (κ3) is 5.36. The number of amidine groups is 1. The summed E-state index contributed by atoms with van der Waals surface area (Å²) in [6.07, 6.45) is 2.85. The van der Waals surface area contributed by atoms with Crippen molar-refractivity contribution in [1.82, 2.24) is 10.3 Å². The fraction of sp³-hybridized carbons (Fsp3) is 0.0870. The molecule has 33 heavy (non-hydrogen) atoms. The van der Waals surface area contributed by atoms with Crippen LogP contribution in [0.3, 0.4) is 0 Å². The maximum Gasteiger partial charge on any atom is 0.287 e. The van der Waals surface area contributed by atoms with Crippen molar-refractivity contribution < 1.29 is 19.2 Å². The van der Waals surface area contributed by atoms with Crippen LogP contribution in [0.2, 0.25) is 0 Å². The van der Waals surface area contributed by atoms with Crippen molar-refractivity contribution in [2.24, 2.45) is 4.99 Å². The Morgan fingerprint density at radius 1 is 1.15 bits per heavy atom. The number of hydrogen-bond donors (Lipinski definition) is 1. The SMILES string of the molecule is COc1cc(C=C2SC(=Nc3cccc(C)c3)NC2=O)ccc1Oc1ccc([N+](=O)[O-])cn1. The van der Waals surface area contributed by atoms with E-state index in [1.165, 1.54) is 31.0 Å². The molecule has 1 fully saturated rings. The van der Waals surface area contributed by atoms with Gasteiger partial charge in [-0.2, -0.15) is 0 Å². The minimum absolute atomic E-state index is 0.131. The Hall–Kier alpha value is -4.18. The Labute approximate surface area is 193 Å². The van der Waals surface area contributed by atoms with Crippen molar-refractivity contribution in [2.75, 3.05) is 7.11 Å². The zero-order chi connectivity index (χ0) is 23.4. The van der Waals surface area contributed by atoms with Crippen LogP contribution in [-0.4, -0.2) is 28.1 Å². The number of ether oxygens (including phenoxy) is 2. The van der Waals surface area contributed by atoms with Crippen LogP contribution in [0.5, 0.6) is 17.4 Å². The van der Waals surface area contributed by atoms with E-state index in [1.807, 2.05) is 31.2 Å². The summed E-state index contributed by atoms with van der Waals surface area (Å²) in [6.45, 7) is 1.98. The lowest BCUT2D eigenvalue weighted by Crippen LogP contribution is -2.19. The zero-order valence-corrected chi connectivity index (χ0v) is 18.5. The number of rotatable bonds is 6. The largest absolute Gasteiger partial charge is 0.493 e. The Morgan fingerprint density at radius 3 is 2.70 bits per heavy atom. The predicted octanol–water partition coefficient (Wildman–Crippen LogP) is 4.99. The van der Waals surface area contributed by atoms with Crippen LogP contribution >= 0.6 is 11.8 Å². The van der Waals surface area contributed by atoms with Gasteiger partial charge in [0.1, 0.15) is 6.20 Å². The lowest BCUT2D eigenvalue weighted by atomic mass is 10.2. The number of carbonyl (C=O) groups is 1. The lowest BCUT2D eigenvalue weighted by molar-refractivity contribution is -0.385. The van der Waals surface area contributed by atoms with E-state index >= 15 is 0 Å². The molecule has 1 N–H and O–H groups in total. The van der Waals surface area contributed by atoms with Gasteiger partial charge in [0, 0.05) is 12.1 Å². The Morgan fingerprint density at radius 2 is 2.00 bits per heavy atom. The van der Waals surface area contributed by atoms with Gasteiger partial charge in [0.25, 0.3) is 11.6 Å². The standard InChI is InChI=1S/C23H18N4O5S/c1-14-4-3-5-16(10-14)25-23-26-22(28)20(33-23)12-15-6-8-18(19(11-15)31-2)32-21-9-7-17(13-24-21)27(29)30/h3-13H,1-2H3,(H,25,26,28). The van der Waals surface area contributed by atoms with E-state index in [9.17, 15) is 14.9 Å². The molecule has 1 aromatic heterocycles. The van der Waals surface area contributed by atoms with Crippen molar-refractivity contribution in [3.8, 4) is 17.4 Å². The fourth-order valence-corrected chi connectivity index (χ4v) is 3.80. The number of pyridine rings is 1. The van der Waals surface area contributed by atoms with Gasteiger partial charge in [0.15, 0.2) is 16.7 Å². The number of aliphatic imine (C=N–C) groups is 1. The highest BCUT2D eigenvalue weighted by Crippen LogP contribution is 2.34. The number of nitro groups is 1. The van der Waals surface area contributed by atoms with Crippen molar-refractivity contribution >= 4 is 40.3 Å². The summed E-state index contributed by atoms with van der Waals surface area (Å²) in [5, 5.41) is 14.0. The molecule has 0 atom stereocenters. The Bertz CT molecular complexity index is 1290. The molecule has 4 rings (SSSR count). The van der Waals surface area contributed by atoms with Crippen molar-refractivity contribution in [1.29, 1.82) is 0 Å². The molecule has 0 radical (unpaired) electrons. The van der Waals surface area contributed by atoms with Crippen LogP contribution in [0.15, 0.2) is 70.7 Å². The fourth-order valence-electron chi connectivity index (χ4n) is 2.96. The minimum atomic E-state index is -0.534. The molecule has 0 bridgehead atoms.